The van der Waals surface area contributed by atoms with Crippen LogP contribution in [0.5, 0.6) is 0 Å². The summed E-state index contributed by atoms with van der Waals surface area (Å²) < 4.78 is 25.4. The molecule has 0 saturated heterocycles. The van der Waals surface area contributed by atoms with E-state index in [9.17, 15) is 8.78 Å². The topological polar surface area (TPSA) is 0 Å². The summed E-state index contributed by atoms with van der Waals surface area (Å²) in [5, 5.41) is 1.40. The van der Waals surface area contributed by atoms with Gasteiger partial charge in [0.15, 0.2) is 0 Å². The number of rotatable bonds is 2. The molecule has 0 aromatic heterocycles. The second-order valence-corrected chi connectivity index (χ2v) is 3.56. The molecule has 0 unspecified atom stereocenters. The SMILES string of the molecule is FC(F)c1ccc(CCl)c2ccccc12. The maximum atomic E-state index is 12.7. The zero-order valence-electron chi connectivity index (χ0n) is 7.88. The predicted molar refractivity (Wildman–Crippen MR) is 58.5 cm³/mol. The smallest absolute Gasteiger partial charge is 0.205 e. The Hall–Kier alpha value is -1.15. The van der Waals surface area contributed by atoms with Crippen LogP contribution in [0, 0.1) is 0 Å². The van der Waals surface area contributed by atoms with Gasteiger partial charge in [-0.25, -0.2) is 8.78 Å². The molecule has 0 fully saturated rings. The van der Waals surface area contributed by atoms with Crippen LogP contribution in [0.15, 0.2) is 36.4 Å². The van der Waals surface area contributed by atoms with Gasteiger partial charge in [0.25, 0.3) is 6.43 Å². The molecule has 0 atom stereocenters. The first-order valence-corrected chi connectivity index (χ1v) is 5.12. The van der Waals surface area contributed by atoms with Crippen LogP contribution in [-0.4, -0.2) is 0 Å². The Morgan fingerprint density at radius 3 is 2.27 bits per heavy atom. The third kappa shape index (κ3) is 1.82. The molecule has 15 heavy (non-hydrogen) atoms. The van der Waals surface area contributed by atoms with Crippen molar-refractivity contribution in [2.45, 2.75) is 12.3 Å². The number of alkyl halides is 3. The normalized spacial score (nSPS) is 11.2. The highest BCUT2D eigenvalue weighted by atomic mass is 35.5. The van der Waals surface area contributed by atoms with Gasteiger partial charge in [-0.1, -0.05) is 36.4 Å². The van der Waals surface area contributed by atoms with E-state index < -0.39 is 6.43 Å². The van der Waals surface area contributed by atoms with E-state index in [-0.39, 0.29) is 5.56 Å². The van der Waals surface area contributed by atoms with Gasteiger partial charge in [-0.2, -0.15) is 0 Å². The maximum Gasteiger partial charge on any atom is 0.264 e. The van der Waals surface area contributed by atoms with Gasteiger partial charge in [-0.05, 0) is 16.3 Å². The van der Waals surface area contributed by atoms with E-state index in [4.69, 9.17) is 11.6 Å². The monoisotopic (exact) mass is 226 g/mol. The lowest BCUT2D eigenvalue weighted by atomic mass is 10.0. The van der Waals surface area contributed by atoms with E-state index in [1.54, 1.807) is 18.2 Å². The molecular weight excluding hydrogens is 218 g/mol. The molecule has 2 rings (SSSR count). The Kier molecular flexibility index (Phi) is 2.87. The fourth-order valence-electron chi connectivity index (χ4n) is 1.69. The van der Waals surface area contributed by atoms with Crippen LogP contribution in [0.2, 0.25) is 0 Å². The second-order valence-electron chi connectivity index (χ2n) is 3.29. The van der Waals surface area contributed by atoms with E-state index in [0.29, 0.717) is 11.3 Å². The van der Waals surface area contributed by atoms with Gasteiger partial charge in [0.05, 0.1) is 0 Å². The minimum absolute atomic E-state index is 0.0690. The van der Waals surface area contributed by atoms with Crippen LogP contribution >= 0.6 is 11.6 Å². The van der Waals surface area contributed by atoms with Crippen LogP contribution < -0.4 is 0 Å². The van der Waals surface area contributed by atoms with Gasteiger partial charge in [0, 0.05) is 11.4 Å². The van der Waals surface area contributed by atoms with Gasteiger partial charge < -0.3 is 0 Å². The van der Waals surface area contributed by atoms with Gasteiger partial charge in [0.1, 0.15) is 0 Å². The Morgan fingerprint density at radius 1 is 1.00 bits per heavy atom. The minimum atomic E-state index is -2.45. The summed E-state index contributed by atoms with van der Waals surface area (Å²) in [6.45, 7) is 0. The lowest BCUT2D eigenvalue weighted by molar-refractivity contribution is 0.153. The van der Waals surface area contributed by atoms with Crippen LogP contribution in [0.1, 0.15) is 17.6 Å². The maximum absolute atomic E-state index is 12.7. The van der Waals surface area contributed by atoms with Gasteiger partial charge in [0.2, 0.25) is 0 Å². The molecule has 0 bridgehead atoms. The van der Waals surface area contributed by atoms with Crippen molar-refractivity contribution < 1.29 is 8.78 Å². The first kappa shape index (κ1) is 10.4. The van der Waals surface area contributed by atoms with Crippen molar-refractivity contribution in [2.24, 2.45) is 0 Å². The zero-order valence-corrected chi connectivity index (χ0v) is 8.64. The van der Waals surface area contributed by atoms with Crippen molar-refractivity contribution in [3.05, 3.63) is 47.5 Å². The number of fused-ring (bicyclic) bond motifs is 1. The molecule has 0 nitrogen and oxygen atoms in total. The summed E-state index contributed by atoms with van der Waals surface area (Å²) in [6, 6.07) is 10.2. The standard InChI is InChI=1S/C12H9ClF2/c13-7-8-5-6-11(12(14)15)10-4-2-1-3-9(8)10/h1-6,12H,7H2. The number of hydrogen-bond donors (Lipinski definition) is 0. The van der Waals surface area contributed by atoms with E-state index in [1.165, 1.54) is 6.07 Å². The zero-order chi connectivity index (χ0) is 10.8. The van der Waals surface area contributed by atoms with Crippen LogP contribution in [0.25, 0.3) is 10.8 Å². The van der Waals surface area contributed by atoms with Crippen LogP contribution in [0.3, 0.4) is 0 Å². The largest absolute Gasteiger partial charge is 0.264 e. The van der Waals surface area contributed by atoms with Crippen molar-refractivity contribution in [3.8, 4) is 0 Å². The quantitative estimate of drug-likeness (QED) is 0.661. The third-order valence-corrected chi connectivity index (χ3v) is 2.72. The molecule has 2 aromatic carbocycles. The van der Waals surface area contributed by atoms with Crippen LogP contribution in [-0.2, 0) is 5.88 Å². The Labute approximate surface area is 91.5 Å². The average Bonchev–Trinajstić information content (AvgIpc) is 2.27. The van der Waals surface area contributed by atoms with Crippen molar-refractivity contribution in [1.82, 2.24) is 0 Å². The van der Waals surface area contributed by atoms with Crippen molar-refractivity contribution in [1.29, 1.82) is 0 Å². The molecule has 0 radical (unpaired) electrons. The van der Waals surface area contributed by atoms with Crippen molar-refractivity contribution in [2.75, 3.05) is 0 Å². The molecule has 0 heterocycles. The van der Waals surface area contributed by atoms with Gasteiger partial charge >= 0.3 is 0 Å². The molecule has 0 aliphatic heterocycles. The van der Waals surface area contributed by atoms with Crippen molar-refractivity contribution in [3.63, 3.8) is 0 Å². The molecule has 2 aromatic rings. The first-order valence-electron chi connectivity index (χ1n) is 4.58. The van der Waals surface area contributed by atoms with E-state index in [1.807, 2.05) is 12.1 Å². The van der Waals surface area contributed by atoms with E-state index in [0.717, 1.165) is 10.9 Å². The predicted octanol–water partition coefficient (Wildman–Crippen LogP) is 4.52. The Balaban J connectivity index is 2.77. The van der Waals surface area contributed by atoms with Crippen molar-refractivity contribution >= 4 is 22.4 Å². The summed E-state index contributed by atoms with van der Waals surface area (Å²) >= 11 is 5.75. The molecule has 0 aliphatic carbocycles. The summed E-state index contributed by atoms with van der Waals surface area (Å²) in [5.41, 5.74) is 0.955. The fourth-order valence-corrected chi connectivity index (χ4v) is 1.92. The number of benzene rings is 2. The lowest BCUT2D eigenvalue weighted by Gasteiger charge is -2.08. The first-order chi connectivity index (χ1) is 7.24. The molecule has 0 spiro atoms. The fraction of sp³-hybridized carbons (Fsp3) is 0.167. The molecule has 78 valence electrons. The second kappa shape index (κ2) is 4.15. The van der Waals surface area contributed by atoms with Gasteiger partial charge in [-0.3, -0.25) is 0 Å². The summed E-state index contributed by atoms with van der Waals surface area (Å²) in [5.74, 6) is 0.337. The third-order valence-electron chi connectivity index (χ3n) is 2.43. The highest BCUT2D eigenvalue weighted by Crippen LogP contribution is 2.30. The Morgan fingerprint density at radius 2 is 1.67 bits per heavy atom. The minimum Gasteiger partial charge on any atom is -0.205 e. The molecular formula is C12H9ClF2. The number of hydrogen-bond acceptors (Lipinski definition) is 0. The molecule has 0 saturated carbocycles. The highest BCUT2D eigenvalue weighted by molar-refractivity contribution is 6.18. The lowest BCUT2D eigenvalue weighted by Crippen LogP contribution is -1.90. The van der Waals surface area contributed by atoms with Crippen LogP contribution in [0.4, 0.5) is 8.78 Å². The average molecular weight is 227 g/mol. The molecule has 0 amide bonds. The number of halogens is 3. The summed E-state index contributed by atoms with van der Waals surface area (Å²) in [7, 11) is 0. The molecule has 3 heteroatoms. The summed E-state index contributed by atoms with van der Waals surface area (Å²) in [4.78, 5) is 0. The highest BCUT2D eigenvalue weighted by Gasteiger charge is 2.12. The molecule has 0 aliphatic rings. The summed E-state index contributed by atoms with van der Waals surface area (Å²) in [6.07, 6.45) is -2.45. The molecule has 0 N–H and O–H groups in total. The van der Waals surface area contributed by atoms with Gasteiger partial charge in [-0.15, -0.1) is 11.6 Å². The van der Waals surface area contributed by atoms with E-state index in [2.05, 4.69) is 0 Å². The Bertz CT molecular complexity index is 480. The van der Waals surface area contributed by atoms with E-state index >= 15 is 0 Å².